The first-order chi connectivity index (χ1) is 9.93. The fourth-order valence-electron chi connectivity index (χ4n) is 2.39. The third-order valence-electron chi connectivity index (χ3n) is 3.39. The number of carboxylic acid groups (broad SMARTS) is 1. The number of hydrogen-bond acceptors (Lipinski definition) is 5. The zero-order valence-electron chi connectivity index (χ0n) is 10.5. The molecular weight excluding hydrogens is 276 g/mol. The Hall–Kier alpha value is -3.15. The van der Waals surface area contributed by atoms with E-state index in [1.807, 2.05) is 0 Å². The summed E-state index contributed by atoms with van der Waals surface area (Å²) in [6.45, 7) is 0. The summed E-state index contributed by atoms with van der Waals surface area (Å²) >= 11 is 0. The van der Waals surface area contributed by atoms with Gasteiger partial charge in [0.05, 0.1) is 5.56 Å². The summed E-state index contributed by atoms with van der Waals surface area (Å²) in [5.41, 5.74) is -0.997. The normalized spacial score (nSPS) is 12.8. The molecule has 6 heteroatoms. The summed E-state index contributed by atoms with van der Waals surface area (Å²) in [4.78, 5) is 35.7. The van der Waals surface area contributed by atoms with E-state index in [1.54, 1.807) is 12.1 Å². The highest BCUT2D eigenvalue weighted by Gasteiger charge is 2.35. The van der Waals surface area contributed by atoms with Crippen molar-refractivity contribution < 1.29 is 29.7 Å². The van der Waals surface area contributed by atoms with E-state index in [2.05, 4.69) is 0 Å². The minimum absolute atomic E-state index is 0.104. The quantitative estimate of drug-likeness (QED) is 0.585. The lowest BCUT2D eigenvalue weighted by Gasteiger charge is -2.19. The van der Waals surface area contributed by atoms with Crippen LogP contribution < -0.4 is 0 Å². The van der Waals surface area contributed by atoms with Gasteiger partial charge in [0.15, 0.2) is 23.1 Å². The monoisotopic (exact) mass is 284 g/mol. The number of rotatable bonds is 1. The first kappa shape index (κ1) is 12.9. The van der Waals surface area contributed by atoms with Gasteiger partial charge in [-0.15, -0.1) is 0 Å². The maximum Gasteiger partial charge on any atom is 0.339 e. The number of fused-ring (bicyclic) bond motifs is 2. The van der Waals surface area contributed by atoms with Gasteiger partial charge in [0.25, 0.3) is 0 Å². The van der Waals surface area contributed by atoms with E-state index in [9.17, 15) is 24.6 Å². The van der Waals surface area contributed by atoms with Crippen LogP contribution in [0.25, 0.3) is 0 Å². The van der Waals surface area contributed by atoms with Crippen LogP contribution in [-0.2, 0) is 0 Å². The molecule has 0 unspecified atom stereocenters. The number of carbonyl (C=O) groups excluding carboxylic acids is 2. The summed E-state index contributed by atoms with van der Waals surface area (Å²) in [6, 6.07) is 6.93. The van der Waals surface area contributed by atoms with Gasteiger partial charge < -0.3 is 15.3 Å². The lowest BCUT2D eigenvalue weighted by molar-refractivity contribution is 0.0692. The summed E-state index contributed by atoms with van der Waals surface area (Å²) in [5.74, 6) is -4.54. The van der Waals surface area contributed by atoms with Crippen LogP contribution in [0, 0.1) is 0 Å². The lowest BCUT2D eigenvalue weighted by atomic mass is 9.82. The Labute approximate surface area is 117 Å². The molecule has 6 nitrogen and oxygen atoms in total. The van der Waals surface area contributed by atoms with E-state index in [0.29, 0.717) is 0 Å². The van der Waals surface area contributed by atoms with Gasteiger partial charge >= 0.3 is 5.97 Å². The molecule has 2 aromatic rings. The van der Waals surface area contributed by atoms with Crippen molar-refractivity contribution in [3.8, 4) is 11.5 Å². The highest BCUT2D eigenvalue weighted by Crippen LogP contribution is 2.40. The molecule has 1 aliphatic carbocycles. The van der Waals surface area contributed by atoms with E-state index in [4.69, 9.17) is 5.11 Å². The van der Waals surface area contributed by atoms with Gasteiger partial charge in [-0.05, 0) is 6.07 Å². The fourth-order valence-corrected chi connectivity index (χ4v) is 2.39. The van der Waals surface area contributed by atoms with Crippen molar-refractivity contribution >= 4 is 17.5 Å². The van der Waals surface area contributed by atoms with Crippen LogP contribution >= 0.6 is 0 Å². The summed E-state index contributed by atoms with van der Waals surface area (Å²) in [6.07, 6.45) is 0. The molecule has 104 valence electrons. The molecule has 0 saturated heterocycles. The SMILES string of the molecule is O=C(O)c1cc2c(c(O)c1O)C(=O)c1ccccc1C2=O. The minimum Gasteiger partial charge on any atom is -0.504 e. The summed E-state index contributed by atoms with van der Waals surface area (Å²) < 4.78 is 0. The second kappa shape index (κ2) is 4.17. The second-order valence-electron chi connectivity index (χ2n) is 4.55. The second-order valence-corrected chi connectivity index (χ2v) is 4.55. The molecule has 0 radical (unpaired) electrons. The van der Waals surface area contributed by atoms with Crippen molar-refractivity contribution in [1.29, 1.82) is 0 Å². The van der Waals surface area contributed by atoms with Crippen LogP contribution in [-0.4, -0.2) is 32.9 Å². The van der Waals surface area contributed by atoms with Gasteiger partial charge in [-0.2, -0.15) is 0 Å². The molecule has 0 atom stereocenters. The van der Waals surface area contributed by atoms with Crippen LogP contribution in [0.4, 0.5) is 0 Å². The number of phenols is 2. The van der Waals surface area contributed by atoms with Crippen molar-refractivity contribution in [2.75, 3.05) is 0 Å². The van der Waals surface area contributed by atoms with E-state index >= 15 is 0 Å². The van der Waals surface area contributed by atoms with Gasteiger partial charge in [0, 0.05) is 16.7 Å². The maximum absolute atomic E-state index is 12.4. The van der Waals surface area contributed by atoms with Crippen LogP contribution in [0.1, 0.15) is 42.2 Å². The molecule has 0 amide bonds. The number of hydrogen-bond donors (Lipinski definition) is 3. The highest BCUT2D eigenvalue weighted by molar-refractivity contribution is 6.30. The standard InChI is InChI=1S/C15H8O6/c16-11-6-3-1-2-4-7(6)12(17)10-8(11)5-9(15(20)21)13(18)14(10)19/h1-5,18-19H,(H,20,21). The summed E-state index contributed by atoms with van der Waals surface area (Å²) in [5, 5.41) is 28.6. The summed E-state index contributed by atoms with van der Waals surface area (Å²) in [7, 11) is 0. The molecular formula is C15H8O6. The maximum atomic E-state index is 12.4. The highest BCUT2D eigenvalue weighted by atomic mass is 16.4. The number of carbonyl (C=O) groups is 3. The first-order valence-electron chi connectivity index (χ1n) is 5.94. The zero-order chi connectivity index (χ0) is 15.3. The molecule has 1 aliphatic rings. The molecule has 0 heterocycles. The molecule has 2 aromatic carbocycles. The third kappa shape index (κ3) is 1.62. The van der Waals surface area contributed by atoms with Crippen molar-refractivity contribution in [2.45, 2.75) is 0 Å². The molecule has 0 saturated carbocycles. The number of aromatic carboxylic acids is 1. The molecule has 21 heavy (non-hydrogen) atoms. The fraction of sp³-hybridized carbons (Fsp3) is 0. The van der Waals surface area contributed by atoms with Gasteiger partial charge in [0.2, 0.25) is 0 Å². The molecule has 0 aliphatic heterocycles. The zero-order valence-corrected chi connectivity index (χ0v) is 10.5. The Morgan fingerprint density at radius 1 is 0.857 bits per heavy atom. The topological polar surface area (TPSA) is 112 Å². The molecule has 3 rings (SSSR count). The van der Waals surface area contributed by atoms with Crippen LogP contribution in [0.3, 0.4) is 0 Å². The molecule has 0 aromatic heterocycles. The smallest absolute Gasteiger partial charge is 0.339 e. The molecule has 0 fully saturated rings. The van der Waals surface area contributed by atoms with Crippen LogP contribution in [0.5, 0.6) is 11.5 Å². The Bertz CT molecular complexity index is 834. The molecule has 3 N–H and O–H groups in total. The number of ketones is 2. The predicted molar refractivity (Wildman–Crippen MR) is 70.0 cm³/mol. The van der Waals surface area contributed by atoms with Gasteiger partial charge in [-0.3, -0.25) is 9.59 Å². The van der Waals surface area contributed by atoms with Crippen molar-refractivity contribution in [2.24, 2.45) is 0 Å². The number of carboxylic acids is 1. The van der Waals surface area contributed by atoms with Crippen molar-refractivity contribution in [3.05, 3.63) is 58.1 Å². The number of aromatic hydroxyl groups is 2. The molecule has 0 spiro atoms. The predicted octanol–water partition coefficient (Wildman–Crippen LogP) is 1.57. The van der Waals surface area contributed by atoms with E-state index in [1.165, 1.54) is 12.1 Å². The van der Waals surface area contributed by atoms with Crippen LogP contribution in [0.2, 0.25) is 0 Å². The molecule has 0 bridgehead atoms. The Morgan fingerprint density at radius 2 is 1.43 bits per heavy atom. The third-order valence-corrected chi connectivity index (χ3v) is 3.39. The largest absolute Gasteiger partial charge is 0.504 e. The van der Waals surface area contributed by atoms with E-state index in [-0.39, 0.29) is 22.3 Å². The van der Waals surface area contributed by atoms with Gasteiger partial charge in [-0.25, -0.2) is 4.79 Å². The minimum atomic E-state index is -1.51. The van der Waals surface area contributed by atoms with Gasteiger partial charge in [0.1, 0.15) is 5.56 Å². The van der Waals surface area contributed by atoms with Crippen molar-refractivity contribution in [3.63, 3.8) is 0 Å². The Balaban J connectivity index is 2.38. The first-order valence-corrected chi connectivity index (χ1v) is 5.94. The lowest BCUT2D eigenvalue weighted by Crippen LogP contribution is -2.21. The van der Waals surface area contributed by atoms with Crippen LogP contribution in [0.15, 0.2) is 30.3 Å². The van der Waals surface area contributed by atoms with Gasteiger partial charge in [-0.1, -0.05) is 24.3 Å². The van der Waals surface area contributed by atoms with E-state index in [0.717, 1.165) is 6.07 Å². The Kier molecular flexibility index (Phi) is 2.56. The average Bonchev–Trinajstić information content (AvgIpc) is 2.47. The van der Waals surface area contributed by atoms with E-state index < -0.39 is 34.6 Å². The Morgan fingerprint density at radius 3 is 2.00 bits per heavy atom. The van der Waals surface area contributed by atoms with Crippen molar-refractivity contribution in [1.82, 2.24) is 0 Å². The average molecular weight is 284 g/mol. The number of benzene rings is 2. The number of phenolic OH excluding ortho intramolecular Hbond substituents is 1.